The van der Waals surface area contributed by atoms with Crippen LogP contribution in [-0.2, 0) is 11.3 Å². The summed E-state index contributed by atoms with van der Waals surface area (Å²) in [4.78, 5) is 13.5. The summed E-state index contributed by atoms with van der Waals surface area (Å²) in [6.07, 6.45) is -0.400. The Morgan fingerprint density at radius 3 is 2.58 bits per heavy atom. The summed E-state index contributed by atoms with van der Waals surface area (Å²) in [5, 5.41) is 9.07. The van der Waals surface area contributed by atoms with Crippen LogP contribution in [0.2, 0.25) is 0 Å². The summed E-state index contributed by atoms with van der Waals surface area (Å²) in [5.74, 6) is 0. The largest absolute Gasteiger partial charge is 0.444 e. The molecule has 1 N–H and O–H groups in total. The van der Waals surface area contributed by atoms with E-state index >= 15 is 0 Å². The van der Waals surface area contributed by atoms with Gasteiger partial charge in [-0.2, -0.15) is 0 Å². The lowest BCUT2D eigenvalue weighted by atomic mass is 10.1. The Morgan fingerprint density at radius 2 is 2.05 bits per heavy atom. The number of carbonyl (C=O) groups excluding carboxylic acids is 1. The monoisotopic (exact) mass is 265 g/mol. The van der Waals surface area contributed by atoms with Gasteiger partial charge in [-0.3, -0.25) is 0 Å². The molecule has 19 heavy (non-hydrogen) atoms. The van der Waals surface area contributed by atoms with Crippen LogP contribution in [0.15, 0.2) is 24.3 Å². The van der Waals surface area contributed by atoms with Gasteiger partial charge >= 0.3 is 6.09 Å². The van der Waals surface area contributed by atoms with Crippen molar-refractivity contribution in [2.24, 2.45) is 0 Å². The molecule has 0 saturated carbocycles. The van der Waals surface area contributed by atoms with Crippen LogP contribution in [0.4, 0.5) is 4.79 Å². The fraction of sp³-hybridized carbons (Fsp3) is 0.533. The molecule has 0 aliphatic rings. The third-order valence-corrected chi connectivity index (χ3v) is 2.48. The molecule has 0 aliphatic carbocycles. The molecule has 1 amide bonds. The molecule has 1 aromatic carbocycles. The quantitative estimate of drug-likeness (QED) is 0.910. The van der Waals surface area contributed by atoms with Crippen molar-refractivity contribution < 1.29 is 14.6 Å². The van der Waals surface area contributed by atoms with Crippen molar-refractivity contribution in [2.75, 3.05) is 13.2 Å². The molecule has 4 heteroatoms. The highest BCUT2D eigenvalue weighted by Crippen LogP contribution is 2.13. The standard InChI is InChI=1S/C15H23NO3/c1-12-6-5-7-13(10-12)11-16(8-9-17)14(18)19-15(2,3)4/h5-7,10,17H,8-9,11H2,1-4H3. The first kappa shape index (κ1) is 15.5. The highest BCUT2D eigenvalue weighted by atomic mass is 16.6. The Morgan fingerprint density at radius 1 is 1.37 bits per heavy atom. The zero-order valence-electron chi connectivity index (χ0n) is 12.1. The summed E-state index contributed by atoms with van der Waals surface area (Å²) in [5.41, 5.74) is 1.64. The van der Waals surface area contributed by atoms with Gasteiger partial charge in [-0.05, 0) is 33.3 Å². The fourth-order valence-electron chi connectivity index (χ4n) is 1.71. The highest BCUT2D eigenvalue weighted by Gasteiger charge is 2.21. The van der Waals surface area contributed by atoms with Gasteiger partial charge in [-0.1, -0.05) is 29.8 Å². The van der Waals surface area contributed by atoms with Crippen molar-refractivity contribution >= 4 is 6.09 Å². The Balaban J connectivity index is 2.75. The molecule has 0 saturated heterocycles. The predicted molar refractivity (Wildman–Crippen MR) is 74.9 cm³/mol. The number of aliphatic hydroxyl groups excluding tert-OH is 1. The molecule has 0 aromatic heterocycles. The van der Waals surface area contributed by atoms with Crippen molar-refractivity contribution in [3.8, 4) is 0 Å². The Kier molecular flexibility index (Phi) is 5.36. The molecular weight excluding hydrogens is 242 g/mol. The molecule has 0 radical (unpaired) electrons. The smallest absolute Gasteiger partial charge is 0.410 e. The van der Waals surface area contributed by atoms with E-state index in [1.54, 1.807) is 0 Å². The van der Waals surface area contributed by atoms with E-state index in [0.717, 1.165) is 11.1 Å². The zero-order valence-corrected chi connectivity index (χ0v) is 12.1. The lowest BCUT2D eigenvalue weighted by Crippen LogP contribution is -2.38. The van der Waals surface area contributed by atoms with Crippen molar-refractivity contribution in [1.82, 2.24) is 4.90 Å². The molecule has 0 fully saturated rings. The van der Waals surface area contributed by atoms with Crippen molar-refractivity contribution in [1.29, 1.82) is 0 Å². The number of aliphatic hydroxyl groups is 1. The predicted octanol–water partition coefficient (Wildman–Crippen LogP) is 2.72. The first-order valence-corrected chi connectivity index (χ1v) is 6.46. The number of rotatable bonds is 4. The van der Waals surface area contributed by atoms with Crippen molar-refractivity contribution in [3.05, 3.63) is 35.4 Å². The van der Waals surface area contributed by atoms with Crippen LogP contribution in [0.1, 0.15) is 31.9 Å². The fourth-order valence-corrected chi connectivity index (χ4v) is 1.71. The molecular formula is C15H23NO3. The second-order valence-corrected chi connectivity index (χ2v) is 5.61. The van der Waals surface area contributed by atoms with Crippen LogP contribution in [0, 0.1) is 6.92 Å². The average Bonchev–Trinajstić information content (AvgIpc) is 2.26. The number of benzene rings is 1. The van der Waals surface area contributed by atoms with E-state index in [2.05, 4.69) is 0 Å². The van der Waals surface area contributed by atoms with Gasteiger partial charge in [-0.15, -0.1) is 0 Å². The van der Waals surface area contributed by atoms with Gasteiger partial charge in [0.15, 0.2) is 0 Å². The third kappa shape index (κ3) is 5.75. The molecule has 0 atom stereocenters. The molecule has 0 bridgehead atoms. The summed E-state index contributed by atoms with van der Waals surface area (Å²) >= 11 is 0. The normalized spacial score (nSPS) is 11.2. The molecule has 1 rings (SSSR count). The second-order valence-electron chi connectivity index (χ2n) is 5.61. The average molecular weight is 265 g/mol. The van der Waals surface area contributed by atoms with Gasteiger partial charge in [-0.25, -0.2) is 4.79 Å². The summed E-state index contributed by atoms with van der Waals surface area (Å²) in [6.45, 7) is 8.12. The van der Waals surface area contributed by atoms with Crippen LogP contribution in [-0.4, -0.2) is 34.9 Å². The minimum absolute atomic E-state index is 0.0783. The van der Waals surface area contributed by atoms with Gasteiger partial charge in [0.1, 0.15) is 5.60 Å². The van der Waals surface area contributed by atoms with Gasteiger partial charge < -0.3 is 14.7 Å². The van der Waals surface area contributed by atoms with Gasteiger partial charge in [0.2, 0.25) is 0 Å². The van der Waals surface area contributed by atoms with Gasteiger partial charge in [0, 0.05) is 13.1 Å². The molecule has 1 aromatic rings. The maximum Gasteiger partial charge on any atom is 0.410 e. The maximum atomic E-state index is 12.0. The minimum Gasteiger partial charge on any atom is -0.444 e. The maximum absolute atomic E-state index is 12.0. The van der Waals surface area contributed by atoms with Crippen LogP contribution in [0.3, 0.4) is 0 Å². The molecule has 106 valence electrons. The lowest BCUT2D eigenvalue weighted by Gasteiger charge is -2.27. The van der Waals surface area contributed by atoms with E-state index in [9.17, 15) is 4.79 Å². The second kappa shape index (κ2) is 6.57. The van der Waals surface area contributed by atoms with Crippen LogP contribution >= 0.6 is 0 Å². The number of hydrogen-bond acceptors (Lipinski definition) is 3. The van der Waals surface area contributed by atoms with Crippen molar-refractivity contribution in [2.45, 2.75) is 39.8 Å². The highest BCUT2D eigenvalue weighted by molar-refractivity contribution is 5.68. The van der Waals surface area contributed by atoms with E-state index < -0.39 is 11.7 Å². The summed E-state index contributed by atoms with van der Waals surface area (Å²) in [6, 6.07) is 7.95. The third-order valence-electron chi connectivity index (χ3n) is 2.48. The topological polar surface area (TPSA) is 49.8 Å². The molecule has 0 aliphatic heterocycles. The summed E-state index contributed by atoms with van der Waals surface area (Å²) in [7, 11) is 0. The number of nitrogens with zero attached hydrogens (tertiary/aromatic N) is 1. The number of carbonyl (C=O) groups is 1. The van der Waals surface area contributed by atoms with Crippen LogP contribution in [0.5, 0.6) is 0 Å². The van der Waals surface area contributed by atoms with Gasteiger partial charge in [0.05, 0.1) is 6.61 Å². The van der Waals surface area contributed by atoms with E-state index in [-0.39, 0.29) is 13.2 Å². The summed E-state index contributed by atoms with van der Waals surface area (Å²) < 4.78 is 5.33. The minimum atomic E-state index is -0.530. The zero-order chi connectivity index (χ0) is 14.5. The van der Waals surface area contributed by atoms with Crippen LogP contribution < -0.4 is 0 Å². The Bertz CT molecular complexity index is 424. The molecule has 0 spiro atoms. The number of amides is 1. The van der Waals surface area contributed by atoms with E-state index in [1.807, 2.05) is 52.0 Å². The lowest BCUT2D eigenvalue weighted by molar-refractivity contribution is 0.0201. The van der Waals surface area contributed by atoms with E-state index in [4.69, 9.17) is 9.84 Å². The molecule has 0 unspecified atom stereocenters. The van der Waals surface area contributed by atoms with E-state index in [1.165, 1.54) is 4.90 Å². The molecule has 0 heterocycles. The molecule has 4 nitrogen and oxygen atoms in total. The Hall–Kier alpha value is -1.55. The van der Waals surface area contributed by atoms with Crippen LogP contribution in [0.25, 0.3) is 0 Å². The SMILES string of the molecule is Cc1cccc(CN(CCO)C(=O)OC(C)(C)C)c1. The number of hydrogen-bond donors (Lipinski definition) is 1. The first-order chi connectivity index (χ1) is 8.81. The van der Waals surface area contributed by atoms with Gasteiger partial charge in [0.25, 0.3) is 0 Å². The number of aryl methyl sites for hydroxylation is 1. The first-order valence-electron chi connectivity index (χ1n) is 6.46. The van der Waals surface area contributed by atoms with Crippen molar-refractivity contribution in [3.63, 3.8) is 0 Å². The van der Waals surface area contributed by atoms with E-state index in [0.29, 0.717) is 6.54 Å². The number of ether oxygens (including phenoxy) is 1. The Labute approximate surface area is 115 Å².